The van der Waals surface area contributed by atoms with Crippen molar-refractivity contribution in [2.24, 2.45) is 0 Å². The summed E-state index contributed by atoms with van der Waals surface area (Å²) in [4.78, 5) is 0. The number of nitriles is 2. The van der Waals surface area contributed by atoms with Crippen LogP contribution >= 0.6 is 0 Å². The number of nitrogen functional groups attached to an aromatic ring is 2. The fraction of sp³-hybridized carbons (Fsp3) is 0.200. The van der Waals surface area contributed by atoms with Crippen molar-refractivity contribution in [1.29, 1.82) is 10.5 Å². The molecule has 1 aromatic rings. The minimum atomic E-state index is 0.358. The molecule has 0 heterocycles. The molecule has 0 aliphatic heterocycles. The van der Waals surface area contributed by atoms with Gasteiger partial charge in [-0.05, 0) is 12.1 Å². The Morgan fingerprint density at radius 2 is 1.29 bits per heavy atom. The molecule has 0 fully saturated rings. The third-order valence-corrected chi connectivity index (χ3v) is 1.34. The molecule has 0 atom stereocenters. The molecule has 0 radical (unpaired) electrons. The fourth-order valence-corrected chi connectivity index (χ4v) is 0.623. The highest BCUT2D eigenvalue weighted by molar-refractivity contribution is 5.62. The molecular weight excluding hydrogens is 176 g/mol. The first-order chi connectivity index (χ1) is 6.72. The SMILES string of the molecule is N#CCCC#N.Nc1ccccc1N. The van der Waals surface area contributed by atoms with Crippen LogP contribution < -0.4 is 11.5 Å². The largest absolute Gasteiger partial charge is 0.397 e. The number of anilines is 2. The zero-order chi connectivity index (χ0) is 10.8. The summed E-state index contributed by atoms with van der Waals surface area (Å²) < 4.78 is 0. The van der Waals surface area contributed by atoms with Crippen LogP contribution in [0.5, 0.6) is 0 Å². The van der Waals surface area contributed by atoms with E-state index in [2.05, 4.69) is 0 Å². The molecule has 0 aromatic heterocycles. The first kappa shape index (κ1) is 11.8. The molecular formula is C10H12N4. The molecule has 0 bridgehead atoms. The van der Waals surface area contributed by atoms with E-state index in [1.165, 1.54) is 0 Å². The van der Waals surface area contributed by atoms with Crippen molar-refractivity contribution in [3.05, 3.63) is 24.3 Å². The Kier molecular flexibility index (Phi) is 6.28. The first-order valence-electron chi connectivity index (χ1n) is 4.06. The van der Waals surface area contributed by atoms with E-state index in [0.717, 1.165) is 0 Å². The van der Waals surface area contributed by atoms with Crippen LogP contribution in [0.3, 0.4) is 0 Å². The van der Waals surface area contributed by atoms with E-state index in [9.17, 15) is 0 Å². The molecule has 4 nitrogen and oxygen atoms in total. The van der Waals surface area contributed by atoms with Gasteiger partial charge in [0.1, 0.15) is 0 Å². The number of nitrogens with zero attached hydrogens (tertiary/aromatic N) is 2. The lowest BCUT2D eigenvalue weighted by molar-refractivity contribution is 1.07. The summed E-state index contributed by atoms with van der Waals surface area (Å²) >= 11 is 0. The topological polar surface area (TPSA) is 99.6 Å². The lowest BCUT2D eigenvalue weighted by Gasteiger charge is -1.94. The summed E-state index contributed by atoms with van der Waals surface area (Å²) in [6.45, 7) is 0. The summed E-state index contributed by atoms with van der Waals surface area (Å²) in [7, 11) is 0. The van der Waals surface area contributed by atoms with Crippen LogP contribution in [0.2, 0.25) is 0 Å². The number of hydrogen-bond acceptors (Lipinski definition) is 4. The summed E-state index contributed by atoms with van der Waals surface area (Å²) in [5.41, 5.74) is 12.1. The van der Waals surface area contributed by atoms with Crippen molar-refractivity contribution in [2.75, 3.05) is 11.5 Å². The van der Waals surface area contributed by atoms with Crippen molar-refractivity contribution in [2.45, 2.75) is 12.8 Å². The van der Waals surface area contributed by atoms with Crippen LogP contribution in [0.25, 0.3) is 0 Å². The molecule has 72 valence electrons. The zero-order valence-electron chi connectivity index (χ0n) is 7.77. The smallest absolute Gasteiger partial charge is 0.0632 e. The summed E-state index contributed by atoms with van der Waals surface area (Å²) in [6.07, 6.45) is 0.715. The maximum Gasteiger partial charge on any atom is 0.0632 e. The van der Waals surface area contributed by atoms with Gasteiger partial charge >= 0.3 is 0 Å². The van der Waals surface area contributed by atoms with E-state index < -0.39 is 0 Å². The maximum absolute atomic E-state index is 7.80. The van der Waals surface area contributed by atoms with Gasteiger partial charge < -0.3 is 11.5 Å². The van der Waals surface area contributed by atoms with Gasteiger partial charge in [-0.3, -0.25) is 0 Å². The molecule has 0 unspecified atom stereocenters. The molecule has 14 heavy (non-hydrogen) atoms. The molecule has 1 aromatic carbocycles. The quantitative estimate of drug-likeness (QED) is 0.517. The number of nitrogens with two attached hydrogens (primary N) is 2. The monoisotopic (exact) mass is 188 g/mol. The molecule has 0 saturated carbocycles. The van der Waals surface area contributed by atoms with Crippen molar-refractivity contribution in [1.82, 2.24) is 0 Å². The number of benzene rings is 1. The van der Waals surface area contributed by atoms with Gasteiger partial charge in [0, 0.05) is 12.8 Å². The standard InChI is InChI=1S/C6H8N2.C4H4N2/c7-5-3-1-2-4-6(5)8;5-3-1-2-4-6/h1-4H,7-8H2;1-2H2. The highest BCUT2D eigenvalue weighted by atomic mass is 14.7. The molecule has 4 heteroatoms. The second-order valence-electron chi connectivity index (χ2n) is 2.45. The average molecular weight is 188 g/mol. The van der Waals surface area contributed by atoms with Gasteiger partial charge in [0.2, 0.25) is 0 Å². The van der Waals surface area contributed by atoms with E-state index in [0.29, 0.717) is 24.2 Å². The van der Waals surface area contributed by atoms with Gasteiger partial charge in [-0.2, -0.15) is 10.5 Å². The minimum Gasteiger partial charge on any atom is -0.397 e. The summed E-state index contributed by atoms with van der Waals surface area (Å²) in [6, 6.07) is 10.9. The number of rotatable bonds is 1. The highest BCUT2D eigenvalue weighted by Crippen LogP contribution is 2.10. The van der Waals surface area contributed by atoms with Crippen LogP contribution in [-0.2, 0) is 0 Å². The lowest BCUT2D eigenvalue weighted by atomic mass is 10.3. The Morgan fingerprint density at radius 1 is 0.929 bits per heavy atom. The predicted octanol–water partition coefficient (Wildman–Crippen LogP) is 1.66. The van der Waals surface area contributed by atoms with Crippen LogP contribution in [0.15, 0.2) is 24.3 Å². The number of para-hydroxylation sites is 2. The Morgan fingerprint density at radius 3 is 1.50 bits per heavy atom. The highest BCUT2D eigenvalue weighted by Gasteiger charge is 1.85. The molecule has 0 saturated heterocycles. The summed E-state index contributed by atoms with van der Waals surface area (Å²) in [5, 5.41) is 15.6. The van der Waals surface area contributed by atoms with Crippen LogP contribution in [0.1, 0.15) is 12.8 Å². The van der Waals surface area contributed by atoms with E-state index in [-0.39, 0.29) is 0 Å². The first-order valence-corrected chi connectivity index (χ1v) is 4.06. The predicted molar refractivity (Wildman–Crippen MR) is 55.7 cm³/mol. The fourth-order valence-electron chi connectivity index (χ4n) is 0.623. The Hall–Kier alpha value is -2.20. The van der Waals surface area contributed by atoms with Crippen molar-refractivity contribution >= 4 is 11.4 Å². The third-order valence-electron chi connectivity index (χ3n) is 1.34. The van der Waals surface area contributed by atoms with E-state index in [1.807, 2.05) is 24.3 Å². The molecule has 0 amide bonds. The second kappa shape index (κ2) is 7.45. The lowest BCUT2D eigenvalue weighted by Crippen LogP contribution is -1.91. The Bertz CT molecular complexity index is 311. The van der Waals surface area contributed by atoms with Crippen molar-refractivity contribution < 1.29 is 0 Å². The molecule has 4 N–H and O–H groups in total. The second-order valence-corrected chi connectivity index (χ2v) is 2.45. The van der Waals surface area contributed by atoms with E-state index in [1.54, 1.807) is 12.1 Å². The molecule has 0 spiro atoms. The number of unbranched alkanes of at least 4 members (excludes halogenated alkanes) is 1. The van der Waals surface area contributed by atoms with Crippen molar-refractivity contribution in [3.8, 4) is 12.1 Å². The van der Waals surface area contributed by atoms with Crippen molar-refractivity contribution in [3.63, 3.8) is 0 Å². The van der Waals surface area contributed by atoms with Gasteiger partial charge in [-0.1, -0.05) is 12.1 Å². The van der Waals surface area contributed by atoms with Gasteiger partial charge in [0.05, 0.1) is 23.5 Å². The van der Waals surface area contributed by atoms with Crippen LogP contribution in [0.4, 0.5) is 11.4 Å². The van der Waals surface area contributed by atoms with E-state index >= 15 is 0 Å². The number of hydrogen-bond donors (Lipinski definition) is 2. The Labute approximate surface area is 83.4 Å². The zero-order valence-corrected chi connectivity index (χ0v) is 7.77. The van der Waals surface area contributed by atoms with Gasteiger partial charge in [-0.15, -0.1) is 0 Å². The molecule has 0 aliphatic carbocycles. The maximum atomic E-state index is 7.80. The van der Waals surface area contributed by atoms with Crippen LogP contribution in [-0.4, -0.2) is 0 Å². The van der Waals surface area contributed by atoms with Crippen LogP contribution in [0, 0.1) is 22.7 Å². The third kappa shape index (κ3) is 5.45. The Balaban J connectivity index is 0.000000255. The average Bonchev–Trinajstić information content (AvgIpc) is 2.20. The van der Waals surface area contributed by atoms with Gasteiger partial charge in [0.15, 0.2) is 0 Å². The molecule has 0 aliphatic rings. The van der Waals surface area contributed by atoms with E-state index in [4.69, 9.17) is 22.0 Å². The normalized spacial score (nSPS) is 7.57. The van der Waals surface area contributed by atoms with Gasteiger partial charge in [0.25, 0.3) is 0 Å². The van der Waals surface area contributed by atoms with Gasteiger partial charge in [-0.25, -0.2) is 0 Å². The molecule has 1 rings (SSSR count). The minimum absolute atomic E-state index is 0.358. The summed E-state index contributed by atoms with van der Waals surface area (Å²) in [5.74, 6) is 0.